The molecule has 0 heterocycles. The molecule has 0 bridgehead atoms. The minimum absolute atomic E-state index is 0.141. The van der Waals surface area contributed by atoms with Gasteiger partial charge in [0.15, 0.2) is 0 Å². The van der Waals surface area contributed by atoms with Crippen molar-refractivity contribution in [1.29, 1.82) is 0 Å². The highest BCUT2D eigenvalue weighted by Gasteiger charge is 2.16. The lowest BCUT2D eigenvalue weighted by atomic mass is 10.2. The summed E-state index contributed by atoms with van der Waals surface area (Å²) in [6, 6.07) is 0.626. The largest absolute Gasteiger partial charge is 0.374 e. The van der Waals surface area contributed by atoms with E-state index < -0.39 is 24.1 Å². The second kappa shape index (κ2) is 4.51. The van der Waals surface area contributed by atoms with E-state index in [1.165, 1.54) is 13.8 Å². The quantitative estimate of drug-likeness (QED) is 0.772. The number of aryl methyl sites for hydroxylation is 1. The van der Waals surface area contributed by atoms with Crippen LogP contribution in [0.1, 0.15) is 12.5 Å². The third-order valence-electron chi connectivity index (χ3n) is 2.01. The molecule has 84 valence electrons. The van der Waals surface area contributed by atoms with Crippen LogP contribution in [0.5, 0.6) is 0 Å². The minimum atomic E-state index is -2.63. The monoisotopic (exact) mass is 221 g/mol. The molecule has 0 amide bonds. The van der Waals surface area contributed by atoms with E-state index in [4.69, 9.17) is 0 Å². The Hall–Kier alpha value is -1.26. The van der Waals surface area contributed by atoms with Crippen LogP contribution in [0.15, 0.2) is 12.1 Å². The molecule has 15 heavy (non-hydrogen) atoms. The molecule has 1 unspecified atom stereocenters. The van der Waals surface area contributed by atoms with Crippen molar-refractivity contribution in [2.24, 2.45) is 0 Å². The summed E-state index contributed by atoms with van der Waals surface area (Å²) in [5, 5.41) is 2.21. The van der Waals surface area contributed by atoms with Crippen LogP contribution in [0.25, 0.3) is 0 Å². The number of rotatable bonds is 3. The number of hydrogen-bond acceptors (Lipinski definition) is 1. The van der Waals surface area contributed by atoms with Crippen molar-refractivity contribution in [1.82, 2.24) is 0 Å². The molecule has 1 nitrogen and oxygen atoms in total. The Morgan fingerprint density at radius 3 is 2.27 bits per heavy atom. The van der Waals surface area contributed by atoms with E-state index in [-0.39, 0.29) is 11.3 Å². The lowest BCUT2D eigenvalue weighted by Gasteiger charge is -2.15. The fourth-order valence-corrected chi connectivity index (χ4v) is 1.07. The van der Waals surface area contributed by atoms with Gasteiger partial charge in [0.1, 0.15) is 11.6 Å². The molecular formula is C10H11F4N. The third kappa shape index (κ3) is 2.84. The summed E-state index contributed by atoms with van der Waals surface area (Å²) >= 11 is 0. The second-order valence-corrected chi connectivity index (χ2v) is 3.35. The van der Waals surface area contributed by atoms with E-state index in [0.717, 1.165) is 12.1 Å². The zero-order valence-corrected chi connectivity index (χ0v) is 8.32. The standard InChI is InChI=1S/C10H11F4N/c1-5-3-8(12)9(4-7(5)11)15-6(2)10(13)14/h3-4,6,10,15H,1-2H3. The van der Waals surface area contributed by atoms with Gasteiger partial charge in [-0.2, -0.15) is 0 Å². The molecule has 0 aliphatic rings. The molecule has 0 saturated heterocycles. The van der Waals surface area contributed by atoms with Crippen molar-refractivity contribution in [3.63, 3.8) is 0 Å². The average molecular weight is 221 g/mol. The first-order valence-electron chi connectivity index (χ1n) is 4.42. The summed E-state index contributed by atoms with van der Waals surface area (Å²) in [5.41, 5.74) is -0.103. The Kier molecular flexibility index (Phi) is 3.55. The van der Waals surface area contributed by atoms with Crippen LogP contribution in [0, 0.1) is 18.6 Å². The zero-order valence-electron chi connectivity index (χ0n) is 8.32. The molecule has 1 N–H and O–H groups in total. The van der Waals surface area contributed by atoms with Gasteiger partial charge in [0.05, 0.1) is 11.7 Å². The molecule has 5 heteroatoms. The first kappa shape index (κ1) is 11.8. The van der Waals surface area contributed by atoms with Gasteiger partial charge >= 0.3 is 0 Å². The number of halogens is 4. The summed E-state index contributed by atoms with van der Waals surface area (Å²) in [6.45, 7) is 2.60. The Morgan fingerprint density at radius 1 is 1.13 bits per heavy atom. The van der Waals surface area contributed by atoms with Crippen LogP contribution in [0.4, 0.5) is 23.2 Å². The number of hydrogen-bond donors (Lipinski definition) is 1. The van der Waals surface area contributed by atoms with Crippen molar-refractivity contribution in [3.05, 3.63) is 29.3 Å². The minimum Gasteiger partial charge on any atom is -0.374 e. The number of nitrogens with one attached hydrogen (secondary N) is 1. The first-order chi connectivity index (χ1) is 6.91. The van der Waals surface area contributed by atoms with E-state index >= 15 is 0 Å². The highest BCUT2D eigenvalue weighted by molar-refractivity contribution is 5.47. The molecule has 0 fully saturated rings. The van der Waals surface area contributed by atoms with Gasteiger partial charge < -0.3 is 5.32 Å². The highest BCUT2D eigenvalue weighted by atomic mass is 19.3. The maximum atomic E-state index is 13.2. The van der Waals surface area contributed by atoms with Crippen molar-refractivity contribution in [3.8, 4) is 0 Å². The van der Waals surface area contributed by atoms with Gasteiger partial charge in [-0.25, -0.2) is 17.6 Å². The van der Waals surface area contributed by atoms with Gasteiger partial charge in [-0.3, -0.25) is 0 Å². The van der Waals surface area contributed by atoms with E-state index in [0.29, 0.717) is 0 Å². The number of anilines is 1. The van der Waals surface area contributed by atoms with Crippen molar-refractivity contribution in [2.75, 3.05) is 5.32 Å². The smallest absolute Gasteiger partial charge is 0.258 e. The predicted octanol–water partition coefficient (Wildman–Crippen LogP) is 3.34. The molecule has 1 atom stereocenters. The normalized spacial score (nSPS) is 13.0. The summed E-state index contributed by atoms with van der Waals surface area (Å²) in [5.74, 6) is -1.36. The fourth-order valence-electron chi connectivity index (χ4n) is 1.07. The SMILES string of the molecule is Cc1cc(F)c(NC(C)C(F)F)cc1F. The van der Waals surface area contributed by atoms with Crippen molar-refractivity contribution in [2.45, 2.75) is 26.3 Å². The molecule has 0 aliphatic heterocycles. The van der Waals surface area contributed by atoms with E-state index in [9.17, 15) is 17.6 Å². The zero-order chi connectivity index (χ0) is 11.6. The van der Waals surface area contributed by atoms with Crippen LogP contribution in [-0.4, -0.2) is 12.5 Å². The summed E-state index contributed by atoms with van der Waals surface area (Å²) in [6.07, 6.45) is -2.63. The van der Waals surface area contributed by atoms with Gasteiger partial charge in [0.25, 0.3) is 6.43 Å². The van der Waals surface area contributed by atoms with Crippen LogP contribution >= 0.6 is 0 Å². The molecule has 1 aromatic rings. The van der Waals surface area contributed by atoms with Crippen molar-refractivity contribution >= 4 is 5.69 Å². The lowest BCUT2D eigenvalue weighted by Crippen LogP contribution is -2.24. The Morgan fingerprint density at radius 2 is 1.73 bits per heavy atom. The van der Waals surface area contributed by atoms with Gasteiger partial charge in [-0.1, -0.05) is 0 Å². The summed E-state index contributed by atoms with van der Waals surface area (Å²) in [7, 11) is 0. The van der Waals surface area contributed by atoms with E-state index in [1.807, 2.05) is 0 Å². The highest BCUT2D eigenvalue weighted by Crippen LogP contribution is 2.20. The molecule has 0 spiro atoms. The molecular weight excluding hydrogens is 210 g/mol. The number of alkyl halides is 2. The van der Waals surface area contributed by atoms with Gasteiger partial charge in [-0.15, -0.1) is 0 Å². The van der Waals surface area contributed by atoms with Gasteiger partial charge in [0.2, 0.25) is 0 Å². The van der Waals surface area contributed by atoms with Crippen LogP contribution in [0.3, 0.4) is 0 Å². The molecule has 0 aliphatic carbocycles. The van der Waals surface area contributed by atoms with Crippen LogP contribution in [-0.2, 0) is 0 Å². The maximum Gasteiger partial charge on any atom is 0.258 e. The fraction of sp³-hybridized carbons (Fsp3) is 0.400. The second-order valence-electron chi connectivity index (χ2n) is 3.35. The van der Waals surface area contributed by atoms with Crippen LogP contribution in [0.2, 0.25) is 0 Å². The summed E-state index contributed by atoms with van der Waals surface area (Å²) < 4.78 is 50.5. The molecule has 1 rings (SSSR count). The lowest BCUT2D eigenvalue weighted by molar-refractivity contribution is 0.130. The Balaban J connectivity index is 2.91. The van der Waals surface area contributed by atoms with Crippen LogP contribution < -0.4 is 5.32 Å². The molecule has 1 aromatic carbocycles. The maximum absolute atomic E-state index is 13.2. The number of benzene rings is 1. The molecule has 0 radical (unpaired) electrons. The first-order valence-corrected chi connectivity index (χ1v) is 4.42. The molecule has 0 saturated carbocycles. The Bertz CT molecular complexity index is 352. The topological polar surface area (TPSA) is 12.0 Å². The molecule has 0 aromatic heterocycles. The third-order valence-corrected chi connectivity index (χ3v) is 2.01. The van der Waals surface area contributed by atoms with E-state index in [2.05, 4.69) is 5.32 Å². The Labute approximate surface area is 85.1 Å². The average Bonchev–Trinajstić information content (AvgIpc) is 2.13. The van der Waals surface area contributed by atoms with Crippen molar-refractivity contribution < 1.29 is 17.6 Å². The summed E-state index contributed by atoms with van der Waals surface area (Å²) in [4.78, 5) is 0. The van der Waals surface area contributed by atoms with E-state index in [1.54, 1.807) is 0 Å². The van der Waals surface area contributed by atoms with Gasteiger partial charge in [-0.05, 0) is 25.5 Å². The van der Waals surface area contributed by atoms with Gasteiger partial charge in [0, 0.05) is 6.07 Å². The predicted molar refractivity (Wildman–Crippen MR) is 50.2 cm³/mol.